The average molecular weight is 271 g/mol. The minimum absolute atomic E-state index is 0.179. The van der Waals surface area contributed by atoms with Gasteiger partial charge in [-0.1, -0.05) is 11.6 Å². The van der Waals surface area contributed by atoms with E-state index in [1.54, 1.807) is 12.1 Å². The maximum absolute atomic E-state index is 10.1. The van der Waals surface area contributed by atoms with E-state index in [4.69, 9.17) is 22.1 Å². The third-order valence-electron chi connectivity index (χ3n) is 3.44. The highest BCUT2D eigenvalue weighted by Gasteiger charge is 2.22. The Morgan fingerprint density at radius 2 is 2.33 bits per heavy atom. The summed E-state index contributed by atoms with van der Waals surface area (Å²) < 4.78 is 5.10. The Morgan fingerprint density at radius 1 is 1.56 bits per heavy atom. The molecule has 3 N–H and O–H groups in total. The zero-order valence-electron chi connectivity index (χ0n) is 10.5. The van der Waals surface area contributed by atoms with Gasteiger partial charge in [-0.15, -0.1) is 0 Å². The standard InChI is InChI=1S/C13H19ClN2O2/c1-18-12-5-11(14)4-10(13(12)17)8-16-3-2-9(6-15)7-16/h4-5,9,17H,2-3,6-8,15H2,1H3. The van der Waals surface area contributed by atoms with E-state index in [0.29, 0.717) is 23.2 Å². The van der Waals surface area contributed by atoms with Gasteiger partial charge in [-0.2, -0.15) is 0 Å². The predicted octanol–water partition coefficient (Wildman–Crippen LogP) is 1.83. The summed E-state index contributed by atoms with van der Waals surface area (Å²) in [7, 11) is 1.52. The van der Waals surface area contributed by atoms with Crippen LogP contribution in [0.25, 0.3) is 0 Å². The quantitative estimate of drug-likeness (QED) is 0.876. The Labute approximate surface area is 112 Å². The van der Waals surface area contributed by atoms with Gasteiger partial charge in [0.1, 0.15) is 0 Å². The summed E-state index contributed by atoms with van der Waals surface area (Å²) in [6, 6.07) is 3.40. The maximum atomic E-state index is 10.1. The first-order valence-electron chi connectivity index (χ1n) is 6.11. The van der Waals surface area contributed by atoms with Crippen LogP contribution in [0.4, 0.5) is 0 Å². The van der Waals surface area contributed by atoms with E-state index in [2.05, 4.69) is 4.90 Å². The molecular formula is C13H19ClN2O2. The van der Waals surface area contributed by atoms with Crippen LogP contribution in [0.5, 0.6) is 11.5 Å². The molecule has 4 nitrogen and oxygen atoms in total. The smallest absolute Gasteiger partial charge is 0.162 e. The van der Waals surface area contributed by atoms with E-state index in [1.807, 2.05) is 0 Å². The molecule has 1 aromatic rings. The number of nitrogens with zero attached hydrogens (tertiary/aromatic N) is 1. The largest absolute Gasteiger partial charge is 0.504 e. The molecule has 0 radical (unpaired) electrons. The zero-order chi connectivity index (χ0) is 13.1. The Hall–Kier alpha value is -0.970. The molecule has 1 aliphatic heterocycles. The maximum Gasteiger partial charge on any atom is 0.162 e. The number of aromatic hydroxyl groups is 1. The van der Waals surface area contributed by atoms with Crippen molar-refractivity contribution in [2.24, 2.45) is 11.7 Å². The van der Waals surface area contributed by atoms with E-state index >= 15 is 0 Å². The minimum atomic E-state index is 0.179. The molecular weight excluding hydrogens is 252 g/mol. The number of methoxy groups -OCH3 is 1. The van der Waals surface area contributed by atoms with E-state index in [1.165, 1.54) is 7.11 Å². The number of rotatable bonds is 4. The molecule has 1 saturated heterocycles. The lowest BCUT2D eigenvalue weighted by atomic mass is 10.1. The monoisotopic (exact) mass is 270 g/mol. The Balaban J connectivity index is 2.12. The van der Waals surface area contributed by atoms with Gasteiger partial charge in [0, 0.05) is 29.7 Å². The average Bonchev–Trinajstić information content (AvgIpc) is 2.81. The van der Waals surface area contributed by atoms with Crippen molar-refractivity contribution in [2.75, 3.05) is 26.7 Å². The SMILES string of the molecule is COc1cc(Cl)cc(CN2CCC(CN)C2)c1O. The van der Waals surface area contributed by atoms with Gasteiger partial charge in [-0.05, 0) is 31.5 Å². The van der Waals surface area contributed by atoms with Gasteiger partial charge in [0.05, 0.1) is 7.11 Å². The Kier molecular flexibility index (Phi) is 4.32. The molecule has 1 unspecified atom stereocenters. The molecule has 0 bridgehead atoms. The van der Waals surface area contributed by atoms with Crippen LogP contribution in [0.1, 0.15) is 12.0 Å². The third kappa shape index (κ3) is 2.88. The number of benzene rings is 1. The highest BCUT2D eigenvalue weighted by Crippen LogP contribution is 2.34. The van der Waals surface area contributed by atoms with Gasteiger partial charge in [-0.3, -0.25) is 4.90 Å². The first-order valence-corrected chi connectivity index (χ1v) is 6.49. The van der Waals surface area contributed by atoms with E-state index in [9.17, 15) is 5.11 Å². The second kappa shape index (κ2) is 5.78. The van der Waals surface area contributed by atoms with Crippen LogP contribution >= 0.6 is 11.6 Å². The summed E-state index contributed by atoms with van der Waals surface area (Å²) in [5.74, 6) is 1.17. The lowest BCUT2D eigenvalue weighted by Crippen LogP contribution is -2.22. The molecule has 0 aliphatic carbocycles. The summed E-state index contributed by atoms with van der Waals surface area (Å²) in [5.41, 5.74) is 6.47. The van der Waals surface area contributed by atoms with Crippen LogP contribution in [0.15, 0.2) is 12.1 Å². The van der Waals surface area contributed by atoms with Crippen molar-refractivity contribution in [1.82, 2.24) is 4.90 Å². The number of halogens is 1. The van der Waals surface area contributed by atoms with Crippen molar-refractivity contribution in [1.29, 1.82) is 0 Å². The topological polar surface area (TPSA) is 58.7 Å². The summed E-state index contributed by atoms with van der Waals surface area (Å²) in [4.78, 5) is 2.28. The molecule has 1 fully saturated rings. The molecule has 5 heteroatoms. The normalized spacial score (nSPS) is 20.3. The summed E-state index contributed by atoms with van der Waals surface area (Å²) in [5, 5.41) is 10.6. The fraction of sp³-hybridized carbons (Fsp3) is 0.538. The van der Waals surface area contributed by atoms with Gasteiger partial charge in [0.25, 0.3) is 0 Å². The molecule has 0 saturated carbocycles. The fourth-order valence-electron chi connectivity index (χ4n) is 2.39. The van der Waals surface area contributed by atoms with Crippen molar-refractivity contribution in [3.63, 3.8) is 0 Å². The Bertz CT molecular complexity index is 426. The number of nitrogens with two attached hydrogens (primary N) is 1. The molecule has 2 rings (SSSR count). The molecule has 1 atom stereocenters. The summed E-state index contributed by atoms with van der Waals surface area (Å²) >= 11 is 6.01. The van der Waals surface area contributed by atoms with Crippen LogP contribution in [-0.2, 0) is 6.54 Å². The predicted molar refractivity (Wildman–Crippen MR) is 72.1 cm³/mol. The van der Waals surface area contributed by atoms with Crippen molar-refractivity contribution >= 4 is 11.6 Å². The fourth-order valence-corrected chi connectivity index (χ4v) is 2.63. The summed E-state index contributed by atoms with van der Waals surface area (Å²) in [6.45, 7) is 3.39. The Morgan fingerprint density at radius 3 is 2.94 bits per heavy atom. The lowest BCUT2D eigenvalue weighted by Gasteiger charge is -2.17. The van der Waals surface area contributed by atoms with Crippen LogP contribution < -0.4 is 10.5 Å². The van der Waals surface area contributed by atoms with Crippen LogP contribution in [0.2, 0.25) is 5.02 Å². The van der Waals surface area contributed by atoms with Crippen LogP contribution in [-0.4, -0.2) is 36.8 Å². The first-order chi connectivity index (χ1) is 8.63. The highest BCUT2D eigenvalue weighted by molar-refractivity contribution is 6.30. The number of phenols is 1. The molecule has 1 aromatic carbocycles. The lowest BCUT2D eigenvalue weighted by molar-refractivity contribution is 0.307. The molecule has 0 amide bonds. The van der Waals surface area contributed by atoms with Crippen molar-refractivity contribution in [3.05, 3.63) is 22.7 Å². The van der Waals surface area contributed by atoms with E-state index in [0.717, 1.165) is 31.6 Å². The number of ether oxygens (including phenoxy) is 1. The zero-order valence-corrected chi connectivity index (χ0v) is 11.3. The molecule has 1 aliphatic rings. The van der Waals surface area contributed by atoms with Gasteiger partial charge in [-0.25, -0.2) is 0 Å². The molecule has 1 heterocycles. The molecule has 18 heavy (non-hydrogen) atoms. The van der Waals surface area contributed by atoms with Gasteiger partial charge >= 0.3 is 0 Å². The van der Waals surface area contributed by atoms with Crippen LogP contribution in [0, 0.1) is 5.92 Å². The van der Waals surface area contributed by atoms with Gasteiger partial charge in [0.15, 0.2) is 11.5 Å². The minimum Gasteiger partial charge on any atom is -0.504 e. The number of hydrogen-bond acceptors (Lipinski definition) is 4. The van der Waals surface area contributed by atoms with Crippen molar-refractivity contribution < 1.29 is 9.84 Å². The molecule has 0 spiro atoms. The van der Waals surface area contributed by atoms with E-state index in [-0.39, 0.29) is 5.75 Å². The third-order valence-corrected chi connectivity index (χ3v) is 3.65. The molecule has 0 aromatic heterocycles. The van der Waals surface area contributed by atoms with E-state index < -0.39 is 0 Å². The van der Waals surface area contributed by atoms with Gasteiger partial charge in [0.2, 0.25) is 0 Å². The van der Waals surface area contributed by atoms with Crippen molar-refractivity contribution in [3.8, 4) is 11.5 Å². The number of phenolic OH excluding ortho intramolecular Hbond substituents is 1. The highest BCUT2D eigenvalue weighted by atomic mass is 35.5. The van der Waals surface area contributed by atoms with Crippen molar-refractivity contribution in [2.45, 2.75) is 13.0 Å². The number of hydrogen-bond donors (Lipinski definition) is 2. The molecule has 100 valence electrons. The summed E-state index contributed by atoms with van der Waals surface area (Å²) in [6.07, 6.45) is 1.12. The number of likely N-dealkylation sites (tertiary alicyclic amines) is 1. The van der Waals surface area contributed by atoms with Gasteiger partial charge < -0.3 is 15.6 Å². The first kappa shape index (κ1) is 13.5. The second-order valence-electron chi connectivity index (χ2n) is 4.74. The second-order valence-corrected chi connectivity index (χ2v) is 5.18. The van der Waals surface area contributed by atoms with Crippen LogP contribution in [0.3, 0.4) is 0 Å².